The Bertz CT molecular complexity index is 314. The molecule has 2 nitrogen and oxygen atoms in total. The SMILES string of the molecule is CC(c1ccccc1)N1C[C@H]2O[C@@H]2C1. The Kier molecular flexibility index (Phi) is 1.85. The topological polar surface area (TPSA) is 15.8 Å². The van der Waals surface area contributed by atoms with Crippen molar-refractivity contribution in [3.05, 3.63) is 35.9 Å². The lowest BCUT2D eigenvalue weighted by molar-refractivity contribution is 0.165. The van der Waals surface area contributed by atoms with E-state index in [1.54, 1.807) is 0 Å². The monoisotopic (exact) mass is 189 g/mol. The highest BCUT2D eigenvalue weighted by atomic mass is 16.6. The first-order valence-corrected chi connectivity index (χ1v) is 5.29. The molecule has 1 aromatic rings. The molecular formula is C12H15NO. The van der Waals surface area contributed by atoms with Gasteiger partial charge in [0.1, 0.15) is 0 Å². The quantitative estimate of drug-likeness (QED) is 0.660. The van der Waals surface area contributed by atoms with Crippen molar-refractivity contribution in [1.29, 1.82) is 0 Å². The fourth-order valence-corrected chi connectivity index (χ4v) is 2.30. The molecule has 2 heteroatoms. The molecule has 2 aliphatic heterocycles. The van der Waals surface area contributed by atoms with E-state index in [4.69, 9.17) is 4.74 Å². The van der Waals surface area contributed by atoms with Crippen molar-refractivity contribution in [2.24, 2.45) is 0 Å². The second kappa shape index (κ2) is 3.07. The Labute approximate surface area is 84.5 Å². The van der Waals surface area contributed by atoms with Crippen LogP contribution in [0.3, 0.4) is 0 Å². The van der Waals surface area contributed by atoms with Crippen LogP contribution in [0.25, 0.3) is 0 Å². The molecule has 3 rings (SSSR count). The fraction of sp³-hybridized carbons (Fsp3) is 0.500. The number of hydrogen-bond acceptors (Lipinski definition) is 2. The van der Waals surface area contributed by atoms with Gasteiger partial charge in [0.2, 0.25) is 0 Å². The third-order valence-corrected chi connectivity index (χ3v) is 3.35. The van der Waals surface area contributed by atoms with Crippen LogP contribution in [0.2, 0.25) is 0 Å². The van der Waals surface area contributed by atoms with Crippen molar-refractivity contribution >= 4 is 0 Å². The second-order valence-electron chi connectivity index (χ2n) is 4.25. The largest absolute Gasteiger partial charge is 0.367 e. The molecule has 1 unspecified atom stereocenters. The molecule has 2 saturated heterocycles. The number of nitrogens with zero attached hydrogens (tertiary/aromatic N) is 1. The van der Waals surface area contributed by atoms with Gasteiger partial charge in [-0.15, -0.1) is 0 Å². The molecule has 0 amide bonds. The smallest absolute Gasteiger partial charge is 0.0981 e. The van der Waals surface area contributed by atoms with Gasteiger partial charge in [-0.2, -0.15) is 0 Å². The predicted molar refractivity (Wildman–Crippen MR) is 55.1 cm³/mol. The average Bonchev–Trinajstić information content (AvgIpc) is 2.86. The van der Waals surface area contributed by atoms with E-state index >= 15 is 0 Å². The number of fused-ring (bicyclic) bond motifs is 1. The van der Waals surface area contributed by atoms with Gasteiger partial charge in [0.25, 0.3) is 0 Å². The predicted octanol–water partition coefficient (Wildman–Crippen LogP) is 1.83. The number of hydrogen-bond donors (Lipinski definition) is 0. The van der Waals surface area contributed by atoms with Crippen LogP contribution in [0.15, 0.2) is 30.3 Å². The summed E-state index contributed by atoms with van der Waals surface area (Å²) < 4.78 is 5.43. The van der Waals surface area contributed by atoms with E-state index < -0.39 is 0 Å². The van der Waals surface area contributed by atoms with Gasteiger partial charge < -0.3 is 4.74 Å². The third-order valence-electron chi connectivity index (χ3n) is 3.35. The maximum atomic E-state index is 5.43. The van der Waals surface area contributed by atoms with Crippen molar-refractivity contribution in [2.45, 2.75) is 25.2 Å². The molecule has 1 aromatic carbocycles. The van der Waals surface area contributed by atoms with E-state index in [1.807, 2.05) is 0 Å². The molecule has 74 valence electrons. The first kappa shape index (κ1) is 8.45. The fourth-order valence-electron chi connectivity index (χ4n) is 2.30. The van der Waals surface area contributed by atoms with Crippen molar-refractivity contribution in [3.8, 4) is 0 Å². The van der Waals surface area contributed by atoms with Crippen LogP contribution in [0.4, 0.5) is 0 Å². The zero-order valence-corrected chi connectivity index (χ0v) is 8.39. The molecular weight excluding hydrogens is 174 g/mol. The van der Waals surface area contributed by atoms with E-state index in [9.17, 15) is 0 Å². The first-order valence-electron chi connectivity index (χ1n) is 5.29. The maximum absolute atomic E-state index is 5.43. The van der Waals surface area contributed by atoms with Gasteiger partial charge in [-0.25, -0.2) is 0 Å². The molecule has 0 aliphatic carbocycles. The molecule has 0 N–H and O–H groups in total. The van der Waals surface area contributed by atoms with Crippen LogP contribution in [-0.2, 0) is 4.74 Å². The summed E-state index contributed by atoms with van der Waals surface area (Å²) in [4.78, 5) is 2.51. The molecule has 14 heavy (non-hydrogen) atoms. The molecule has 2 fully saturated rings. The Hall–Kier alpha value is -0.860. The van der Waals surface area contributed by atoms with Crippen molar-refractivity contribution in [1.82, 2.24) is 4.90 Å². The Morgan fingerprint density at radius 1 is 1.21 bits per heavy atom. The zero-order chi connectivity index (χ0) is 9.54. The van der Waals surface area contributed by atoms with Crippen molar-refractivity contribution < 1.29 is 4.74 Å². The first-order chi connectivity index (χ1) is 6.84. The highest BCUT2D eigenvalue weighted by molar-refractivity contribution is 5.19. The molecule has 2 aliphatic rings. The van der Waals surface area contributed by atoms with Crippen LogP contribution in [0.1, 0.15) is 18.5 Å². The van der Waals surface area contributed by atoms with Crippen LogP contribution >= 0.6 is 0 Å². The molecule has 0 spiro atoms. The van der Waals surface area contributed by atoms with E-state index in [-0.39, 0.29) is 0 Å². The number of ether oxygens (including phenoxy) is 1. The summed E-state index contributed by atoms with van der Waals surface area (Å²) in [6.07, 6.45) is 1.09. The summed E-state index contributed by atoms with van der Waals surface area (Å²) >= 11 is 0. The lowest BCUT2D eigenvalue weighted by Gasteiger charge is -2.25. The van der Waals surface area contributed by atoms with Gasteiger partial charge in [0.05, 0.1) is 12.2 Å². The van der Waals surface area contributed by atoms with Gasteiger partial charge in [-0.05, 0) is 12.5 Å². The second-order valence-corrected chi connectivity index (χ2v) is 4.25. The molecule has 0 saturated carbocycles. The summed E-state index contributed by atoms with van der Waals surface area (Å²) in [6.45, 7) is 4.50. The highest BCUT2D eigenvalue weighted by Gasteiger charge is 2.48. The maximum Gasteiger partial charge on any atom is 0.0981 e. The minimum atomic E-state index is 0.535. The highest BCUT2D eigenvalue weighted by Crippen LogP contribution is 2.35. The molecule has 0 bridgehead atoms. The van der Waals surface area contributed by atoms with E-state index in [2.05, 4.69) is 42.2 Å². The molecule has 2 heterocycles. The van der Waals surface area contributed by atoms with Gasteiger partial charge in [-0.1, -0.05) is 30.3 Å². The average molecular weight is 189 g/mol. The number of likely N-dealkylation sites (tertiary alicyclic amines) is 1. The number of benzene rings is 1. The summed E-state index contributed by atoms with van der Waals surface area (Å²) in [5, 5.41) is 0. The van der Waals surface area contributed by atoms with Crippen LogP contribution in [-0.4, -0.2) is 30.2 Å². The van der Waals surface area contributed by atoms with Gasteiger partial charge in [0.15, 0.2) is 0 Å². The van der Waals surface area contributed by atoms with Gasteiger partial charge in [-0.3, -0.25) is 4.90 Å². The standard InChI is InChI=1S/C12H15NO/c1-9(10-5-3-2-4-6-10)13-7-11-12(8-13)14-11/h2-6,9,11-12H,7-8H2,1H3/t9?,11-,12-/m1/s1. The van der Waals surface area contributed by atoms with Crippen molar-refractivity contribution in [3.63, 3.8) is 0 Å². The molecule has 3 atom stereocenters. The Balaban J connectivity index is 1.73. The summed E-state index contributed by atoms with van der Waals surface area (Å²) in [6, 6.07) is 11.2. The molecule has 0 aromatic heterocycles. The number of morpholine rings is 1. The Morgan fingerprint density at radius 2 is 1.86 bits per heavy atom. The zero-order valence-electron chi connectivity index (χ0n) is 8.39. The summed E-state index contributed by atoms with van der Waals surface area (Å²) in [7, 11) is 0. The Morgan fingerprint density at radius 3 is 2.50 bits per heavy atom. The molecule has 0 radical (unpaired) electrons. The minimum absolute atomic E-state index is 0.535. The van der Waals surface area contributed by atoms with Gasteiger partial charge in [0, 0.05) is 19.1 Å². The van der Waals surface area contributed by atoms with E-state index in [1.165, 1.54) is 5.56 Å². The third kappa shape index (κ3) is 1.35. The van der Waals surface area contributed by atoms with Crippen LogP contribution < -0.4 is 0 Å². The van der Waals surface area contributed by atoms with Crippen LogP contribution in [0.5, 0.6) is 0 Å². The normalized spacial score (nSPS) is 32.6. The number of epoxide rings is 1. The minimum Gasteiger partial charge on any atom is -0.367 e. The summed E-state index contributed by atoms with van der Waals surface area (Å²) in [5.41, 5.74) is 1.41. The van der Waals surface area contributed by atoms with E-state index in [0.717, 1.165) is 13.1 Å². The van der Waals surface area contributed by atoms with Crippen molar-refractivity contribution in [2.75, 3.05) is 13.1 Å². The lowest BCUT2D eigenvalue weighted by Crippen LogP contribution is -2.27. The van der Waals surface area contributed by atoms with Gasteiger partial charge >= 0.3 is 0 Å². The van der Waals surface area contributed by atoms with E-state index in [0.29, 0.717) is 18.2 Å². The lowest BCUT2D eigenvalue weighted by atomic mass is 10.1. The number of rotatable bonds is 2. The summed E-state index contributed by atoms with van der Waals surface area (Å²) in [5.74, 6) is 0. The van der Waals surface area contributed by atoms with Crippen LogP contribution in [0, 0.1) is 0 Å².